The third kappa shape index (κ3) is 6.66. The minimum atomic E-state index is 0.132. The van der Waals surface area contributed by atoms with E-state index >= 15 is 0 Å². The van der Waals surface area contributed by atoms with Gasteiger partial charge in [0.15, 0.2) is 0 Å². The quantitative estimate of drug-likeness (QED) is 0.373. The van der Waals surface area contributed by atoms with Crippen molar-refractivity contribution in [2.75, 3.05) is 0 Å². The van der Waals surface area contributed by atoms with Crippen LogP contribution in [0.15, 0.2) is 29.3 Å². The first-order valence-electron chi connectivity index (χ1n) is 3.74. The summed E-state index contributed by atoms with van der Waals surface area (Å²) in [5.41, 5.74) is 2.68. The topological polar surface area (TPSA) is 46.5 Å². The highest BCUT2D eigenvalue weighted by Crippen LogP contribution is 2.00. The van der Waals surface area contributed by atoms with Crippen LogP contribution in [-0.2, 0) is 9.59 Å². The number of carbonyl (C=O) groups is 1. The van der Waals surface area contributed by atoms with Crippen molar-refractivity contribution >= 4 is 12.5 Å². The molecule has 0 bridgehead atoms. The van der Waals surface area contributed by atoms with Gasteiger partial charge in [-0.25, -0.2) is 4.79 Å². The number of hydrogen-bond acceptors (Lipinski definition) is 2. The van der Waals surface area contributed by atoms with E-state index in [-0.39, 0.29) is 6.41 Å². The Morgan fingerprint density at radius 1 is 1.31 bits per heavy atom. The monoisotopic (exact) mass is 177 g/mol. The Morgan fingerprint density at radius 2 is 1.85 bits per heavy atom. The molecule has 1 rings (SSSR count). The first kappa shape index (κ1) is 11.3. The number of benzene rings is 1. The molecule has 0 atom stereocenters. The lowest BCUT2D eigenvalue weighted by atomic mass is 10.2. The smallest absolute Gasteiger partial charge is 0.243 e. The highest BCUT2D eigenvalue weighted by Gasteiger charge is 1.80. The van der Waals surface area contributed by atoms with E-state index in [9.17, 15) is 0 Å². The number of rotatable bonds is 1. The third-order valence-electron chi connectivity index (χ3n) is 1.28. The van der Waals surface area contributed by atoms with Crippen LogP contribution in [0, 0.1) is 13.8 Å². The molecule has 1 aromatic carbocycles. The van der Waals surface area contributed by atoms with Crippen LogP contribution in [0.2, 0.25) is 0 Å². The predicted molar refractivity (Wildman–Crippen MR) is 50.1 cm³/mol. The van der Waals surface area contributed by atoms with Gasteiger partial charge in [0.1, 0.15) is 0 Å². The SMILES string of the molecule is Cc1cccc(C)c1.O=C=NC=O. The fraction of sp³-hybridized carbons (Fsp3) is 0.200. The zero-order valence-electron chi connectivity index (χ0n) is 7.65. The van der Waals surface area contributed by atoms with Gasteiger partial charge in [0.05, 0.1) is 0 Å². The van der Waals surface area contributed by atoms with Gasteiger partial charge >= 0.3 is 0 Å². The number of amides is 1. The van der Waals surface area contributed by atoms with E-state index in [4.69, 9.17) is 9.59 Å². The second-order valence-corrected chi connectivity index (χ2v) is 2.48. The second-order valence-electron chi connectivity index (χ2n) is 2.48. The summed E-state index contributed by atoms with van der Waals surface area (Å²) in [4.78, 5) is 20.3. The van der Waals surface area contributed by atoms with Crippen LogP contribution in [0.3, 0.4) is 0 Å². The zero-order valence-corrected chi connectivity index (χ0v) is 7.65. The molecule has 1 amide bonds. The first-order chi connectivity index (χ1) is 6.20. The highest BCUT2D eigenvalue weighted by atomic mass is 16.1. The molecule has 0 radical (unpaired) electrons. The maximum absolute atomic E-state index is 8.98. The van der Waals surface area contributed by atoms with Gasteiger partial charge in [-0.2, -0.15) is 0 Å². The van der Waals surface area contributed by atoms with Crippen LogP contribution >= 0.6 is 0 Å². The normalized spacial score (nSPS) is 7.54. The lowest BCUT2D eigenvalue weighted by Gasteiger charge is -1.90. The van der Waals surface area contributed by atoms with E-state index in [2.05, 4.69) is 43.1 Å². The van der Waals surface area contributed by atoms with Crippen LogP contribution < -0.4 is 0 Å². The van der Waals surface area contributed by atoms with Crippen LogP contribution in [0.4, 0.5) is 0 Å². The van der Waals surface area contributed by atoms with Crippen molar-refractivity contribution in [2.24, 2.45) is 4.99 Å². The summed E-state index contributed by atoms with van der Waals surface area (Å²) in [5, 5.41) is 0. The van der Waals surface area contributed by atoms with Crippen molar-refractivity contribution in [2.45, 2.75) is 13.8 Å². The fourth-order valence-electron chi connectivity index (χ4n) is 0.829. The van der Waals surface area contributed by atoms with Gasteiger partial charge in [-0.1, -0.05) is 35.4 Å². The van der Waals surface area contributed by atoms with Gasteiger partial charge in [0.2, 0.25) is 12.5 Å². The Labute approximate surface area is 77.1 Å². The Morgan fingerprint density at radius 3 is 2.00 bits per heavy atom. The molecule has 0 saturated carbocycles. The Balaban J connectivity index is 0.000000252. The summed E-state index contributed by atoms with van der Waals surface area (Å²) >= 11 is 0. The molecule has 0 saturated heterocycles. The van der Waals surface area contributed by atoms with Gasteiger partial charge in [-0.15, -0.1) is 4.99 Å². The Bertz CT molecular complexity index is 297. The molecular formula is C10H11NO2. The molecule has 0 aliphatic rings. The molecule has 0 unspecified atom stereocenters. The zero-order chi connectivity index (χ0) is 10.1. The summed E-state index contributed by atoms with van der Waals surface area (Å²) in [6.45, 7) is 4.21. The number of hydrogen-bond donors (Lipinski definition) is 0. The fourth-order valence-corrected chi connectivity index (χ4v) is 0.829. The van der Waals surface area contributed by atoms with Crippen molar-refractivity contribution in [1.82, 2.24) is 0 Å². The van der Waals surface area contributed by atoms with E-state index < -0.39 is 0 Å². The van der Waals surface area contributed by atoms with E-state index in [0.29, 0.717) is 0 Å². The van der Waals surface area contributed by atoms with Gasteiger partial charge in [-0.05, 0) is 13.8 Å². The number of carbonyl (C=O) groups excluding carboxylic acids is 2. The molecule has 0 fully saturated rings. The average molecular weight is 177 g/mol. The van der Waals surface area contributed by atoms with Crippen molar-refractivity contribution < 1.29 is 9.59 Å². The molecule has 0 spiro atoms. The molecule has 0 heterocycles. The van der Waals surface area contributed by atoms with Crippen LogP contribution in [0.1, 0.15) is 11.1 Å². The van der Waals surface area contributed by atoms with Crippen LogP contribution in [0.25, 0.3) is 0 Å². The molecule has 1 aromatic rings. The van der Waals surface area contributed by atoms with E-state index in [0.717, 1.165) is 6.08 Å². The summed E-state index contributed by atoms with van der Waals surface area (Å²) in [7, 11) is 0. The molecule has 0 aliphatic carbocycles. The van der Waals surface area contributed by atoms with Crippen LogP contribution in [-0.4, -0.2) is 12.5 Å². The largest absolute Gasteiger partial charge is 0.276 e. The van der Waals surface area contributed by atoms with E-state index in [1.54, 1.807) is 0 Å². The highest BCUT2D eigenvalue weighted by molar-refractivity contribution is 5.58. The van der Waals surface area contributed by atoms with E-state index in [1.807, 2.05) is 0 Å². The number of aliphatic imine (C=N–C) groups is 1. The number of aryl methyl sites for hydroxylation is 2. The lowest BCUT2D eigenvalue weighted by molar-refractivity contribution is -0.106. The molecular weight excluding hydrogens is 166 g/mol. The maximum atomic E-state index is 8.98. The van der Waals surface area contributed by atoms with Gasteiger partial charge in [-0.3, -0.25) is 4.79 Å². The van der Waals surface area contributed by atoms with Crippen molar-refractivity contribution in [3.63, 3.8) is 0 Å². The molecule has 0 N–H and O–H groups in total. The summed E-state index contributed by atoms with van der Waals surface area (Å²) in [5.74, 6) is 0. The van der Waals surface area contributed by atoms with Gasteiger partial charge in [0, 0.05) is 0 Å². The average Bonchev–Trinajstić information content (AvgIpc) is 2.06. The first-order valence-corrected chi connectivity index (χ1v) is 3.74. The van der Waals surface area contributed by atoms with Crippen molar-refractivity contribution in [3.8, 4) is 0 Å². The van der Waals surface area contributed by atoms with Gasteiger partial charge in [0.25, 0.3) is 0 Å². The lowest BCUT2D eigenvalue weighted by Crippen LogP contribution is -1.71. The predicted octanol–water partition coefficient (Wildman–Crippen LogP) is 1.78. The molecule has 0 aromatic heterocycles. The standard InChI is InChI=1S/C8H10.C2HNO2/c1-7-4-3-5-8(2)6-7;4-1-3-2-5/h3-6H,1-2H3;1H. The molecule has 3 heteroatoms. The minimum Gasteiger partial charge on any atom is -0.276 e. The molecule has 13 heavy (non-hydrogen) atoms. The maximum Gasteiger partial charge on any atom is 0.243 e. The summed E-state index contributed by atoms with van der Waals surface area (Å²) < 4.78 is 0. The minimum absolute atomic E-state index is 0.132. The number of nitrogens with zero attached hydrogens (tertiary/aromatic N) is 1. The number of isocyanates is 1. The molecule has 3 nitrogen and oxygen atoms in total. The Kier molecular flexibility index (Phi) is 6.02. The molecule has 68 valence electrons. The summed E-state index contributed by atoms with van der Waals surface area (Å²) in [6, 6.07) is 8.45. The van der Waals surface area contributed by atoms with Crippen molar-refractivity contribution in [3.05, 3.63) is 35.4 Å². The van der Waals surface area contributed by atoms with Gasteiger partial charge < -0.3 is 0 Å². The second kappa shape index (κ2) is 6.95. The third-order valence-corrected chi connectivity index (χ3v) is 1.28. The summed E-state index contributed by atoms with van der Waals surface area (Å²) in [6.07, 6.45) is 1.16. The van der Waals surface area contributed by atoms with Crippen LogP contribution in [0.5, 0.6) is 0 Å². The molecule has 0 aliphatic heterocycles. The Hall–Kier alpha value is -1.73. The van der Waals surface area contributed by atoms with E-state index in [1.165, 1.54) is 11.1 Å². The van der Waals surface area contributed by atoms with Crippen molar-refractivity contribution in [1.29, 1.82) is 0 Å².